The summed E-state index contributed by atoms with van der Waals surface area (Å²) in [6, 6.07) is 15.3. The zero-order valence-corrected chi connectivity index (χ0v) is 18.3. The van der Waals surface area contributed by atoms with Crippen LogP contribution in [0.25, 0.3) is 6.08 Å². The third-order valence-corrected chi connectivity index (χ3v) is 6.83. The lowest BCUT2D eigenvalue weighted by Gasteiger charge is -2.52. The number of carbonyl (C=O) groups excluding carboxylic acids is 1. The summed E-state index contributed by atoms with van der Waals surface area (Å²) in [5, 5.41) is 11.5. The molecule has 2 aromatic carbocycles. The summed E-state index contributed by atoms with van der Waals surface area (Å²) in [6.45, 7) is 0.519. The first-order valence-corrected chi connectivity index (χ1v) is 11.0. The van der Waals surface area contributed by atoms with Crippen LogP contribution < -0.4 is 9.47 Å². The molecule has 2 fully saturated rings. The second-order valence-corrected chi connectivity index (χ2v) is 8.53. The van der Waals surface area contributed by atoms with Crippen molar-refractivity contribution in [3.05, 3.63) is 65.7 Å². The smallest absolute Gasteiger partial charge is 0.247 e. The van der Waals surface area contributed by atoms with Crippen molar-refractivity contribution in [3.8, 4) is 11.5 Å². The van der Waals surface area contributed by atoms with E-state index in [0.29, 0.717) is 24.5 Å². The van der Waals surface area contributed by atoms with Gasteiger partial charge in [0, 0.05) is 30.2 Å². The highest BCUT2D eigenvalue weighted by Gasteiger charge is 2.50. The molecular weight excluding hydrogens is 390 g/mol. The molecule has 0 unspecified atom stereocenters. The molecule has 1 saturated carbocycles. The van der Waals surface area contributed by atoms with E-state index in [1.165, 1.54) is 0 Å². The Morgan fingerprint density at radius 1 is 1.10 bits per heavy atom. The summed E-state index contributed by atoms with van der Waals surface area (Å²) < 4.78 is 11.1. The topological polar surface area (TPSA) is 59.0 Å². The maximum atomic E-state index is 13.3. The van der Waals surface area contributed by atoms with Crippen LogP contribution in [-0.2, 0) is 4.79 Å². The van der Waals surface area contributed by atoms with Crippen LogP contribution in [0.2, 0.25) is 0 Å². The largest absolute Gasteiger partial charge is 0.497 e. The van der Waals surface area contributed by atoms with Gasteiger partial charge in [0.1, 0.15) is 11.5 Å². The van der Waals surface area contributed by atoms with Crippen LogP contribution in [0.15, 0.2) is 54.6 Å². The quantitative estimate of drug-likeness (QED) is 0.716. The fraction of sp³-hybridized carbons (Fsp3) is 0.423. The van der Waals surface area contributed by atoms with E-state index in [9.17, 15) is 9.90 Å². The predicted molar refractivity (Wildman–Crippen MR) is 121 cm³/mol. The first-order valence-electron chi connectivity index (χ1n) is 11.0. The fourth-order valence-corrected chi connectivity index (χ4v) is 5.20. The number of likely N-dealkylation sites (tertiary alicyclic amines) is 1. The molecule has 1 amide bonds. The molecule has 3 atom stereocenters. The second kappa shape index (κ2) is 9.15. The van der Waals surface area contributed by atoms with Gasteiger partial charge in [-0.1, -0.05) is 43.2 Å². The van der Waals surface area contributed by atoms with Gasteiger partial charge >= 0.3 is 0 Å². The number of piperidine rings is 1. The Morgan fingerprint density at radius 3 is 2.65 bits per heavy atom. The molecule has 0 bridgehead atoms. The summed E-state index contributed by atoms with van der Waals surface area (Å²) in [5.41, 5.74) is 1.17. The normalized spacial score (nSPS) is 25.8. The van der Waals surface area contributed by atoms with E-state index < -0.39 is 5.60 Å². The Hall–Kier alpha value is -2.79. The Morgan fingerprint density at radius 2 is 1.90 bits per heavy atom. The SMILES string of the molecule is COc1ccc([C@@H]2[C@@H]3CCCC[C@@]3(O)CCN2C(=O)/C=C/c2ccccc2)c(OC)c1. The molecule has 1 N–H and O–H groups in total. The molecule has 5 nitrogen and oxygen atoms in total. The minimum atomic E-state index is -0.742. The Kier molecular flexibility index (Phi) is 6.33. The van der Waals surface area contributed by atoms with Gasteiger partial charge in [0.2, 0.25) is 5.91 Å². The van der Waals surface area contributed by atoms with Crippen LogP contribution in [0.5, 0.6) is 11.5 Å². The summed E-state index contributed by atoms with van der Waals surface area (Å²) in [6.07, 6.45) is 7.87. The van der Waals surface area contributed by atoms with E-state index in [0.717, 1.165) is 36.8 Å². The van der Waals surface area contributed by atoms with Crippen molar-refractivity contribution in [2.24, 2.45) is 5.92 Å². The van der Waals surface area contributed by atoms with Gasteiger partial charge in [-0.15, -0.1) is 0 Å². The van der Waals surface area contributed by atoms with Gasteiger partial charge in [-0.25, -0.2) is 0 Å². The summed E-state index contributed by atoms with van der Waals surface area (Å²) in [4.78, 5) is 15.3. The standard InChI is InChI=1S/C26H31NO4/c1-30-20-12-13-21(23(18-20)31-2)25-22-10-6-7-15-26(22,29)16-17-27(25)24(28)14-11-19-8-4-3-5-9-19/h3-5,8-9,11-14,18,22,25,29H,6-7,10,15-17H2,1-2H3/b14-11+/t22-,25+,26+/m0/s1. The maximum Gasteiger partial charge on any atom is 0.247 e. The van der Waals surface area contributed by atoms with Gasteiger partial charge in [0.05, 0.1) is 25.9 Å². The molecular formula is C26H31NO4. The average molecular weight is 422 g/mol. The molecule has 0 radical (unpaired) electrons. The van der Waals surface area contributed by atoms with Crippen LogP contribution in [0.4, 0.5) is 0 Å². The number of methoxy groups -OCH3 is 2. The van der Waals surface area contributed by atoms with Crippen molar-refractivity contribution < 1.29 is 19.4 Å². The van der Waals surface area contributed by atoms with Crippen LogP contribution >= 0.6 is 0 Å². The highest BCUT2D eigenvalue weighted by Crippen LogP contribution is 2.51. The van der Waals surface area contributed by atoms with Crippen molar-refractivity contribution in [2.45, 2.75) is 43.7 Å². The predicted octanol–water partition coefficient (Wildman–Crippen LogP) is 4.61. The first-order chi connectivity index (χ1) is 15.1. The number of rotatable bonds is 5. The van der Waals surface area contributed by atoms with Crippen molar-refractivity contribution >= 4 is 12.0 Å². The lowest BCUT2D eigenvalue weighted by molar-refractivity contribution is -0.151. The van der Waals surface area contributed by atoms with E-state index in [1.807, 2.05) is 59.5 Å². The number of hydrogen-bond donors (Lipinski definition) is 1. The van der Waals surface area contributed by atoms with Crippen molar-refractivity contribution in [3.63, 3.8) is 0 Å². The van der Waals surface area contributed by atoms with Gasteiger partial charge < -0.3 is 19.5 Å². The zero-order valence-electron chi connectivity index (χ0n) is 18.3. The molecule has 1 aliphatic carbocycles. The van der Waals surface area contributed by atoms with Gasteiger partial charge in [0.25, 0.3) is 0 Å². The number of nitrogens with zero attached hydrogens (tertiary/aromatic N) is 1. The minimum absolute atomic E-state index is 0.0219. The lowest BCUT2D eigenvalue weighted by atomic mass is 9.66. The van der Waals surface area contributed by atoms with E-state index in [-0.39, 0.29) is 17.9 Å². The number of aliphatic hydroxyl groups is 1. The van der Waals surface area contributed by atoms with Crippen molar-refractivity contribution in [2.75, 3.05) is 20.8 Å². The molecule has 2 aliphatic rings. The summed E-state index contributed by atoms with van der Waals surface area (Å²) >= 11 is 0. The summed E-state index contributed by atoms with van der Waals surface area (Å²) in [7, 11) is 3.26. The van der Waals surface area contributed by atoms with Crippen LogP contribution in [0.3, 0.4) is 0 Å². The van der Waals surface area contributed by atoms with Crippen molar-refractivity contribution in [1.82, 2.24) is 4.90 Å². The number of carbonyl (C=O) groups is 1. The molecule has 1 aliphatic heterocycles. The van der Waals surface area contributed by atoms with Crippen LogP contribution in [-0.4, -0.2) is 42.3 Å². The van der Waals surface area contributed by atoms with Gasteiger partial charge in [-0.3, -0.25) is 4.79 Å². The molecule has 164 valence electrons. The zero-order chi connectivity index (χ0) is 21.8. The third kappa shape index (κ3) is 4.33. The highest BCUT2D eigenvalue weighted by atomic mass is 16.5. The molecule has 2 aromatic rings. The third-order valence-electron chi connectivity index (χ3n) is 6.83. The molecule has 5 heteroatoms. The van der Waals surface area contributed by atoms with Gasteiger partial charge in [-0.2, -0.15) is 0 Å². The molecule has 31 heavy (non-hydrogen) atoms. The summed E-state index contributed by atoms with van der Waals surface area (Å²) in [5.74, 6) is 1.33. The van der Waals surface area contributed by atoms with Crippen molar-refractivity contribution in [1.29, 1.82) is 0 Å². The second-order valence-electron chi connectivity index (χ2n) is 8.53. The number of hydrogen-bond acceptors (Lipinski definition) is 4. The Bertz CT molecular complexity index is 942. The van der Waals surface area contributed by atoms with Gasteiger partial charge in [0.15, 0.2) is 0 Å². The number of benzene rings is 2. The molecule has 4 rings (SSSR count). The molecule has 0 spiro atoms. The highest BCUT2D eigenvalue weighted by molar-refractivity contribution is 5.92. The average Bonchev–Trinajstić information content (AvgIpc) is 2.81. The number of amides is 1. The first kappa shape index (κ1) is 21.4. The molecule has 0 aromatic heterocycles. The lowest BCUT2D eigenvalue weighted by Crippen LogP contribution is -2.56. The fourth-order valence-electron chi connectivity index (χ4n) is 5.20. The van der Waals surface area contributed by atoms with Crippen LogP contribution in [0.1, 0.15) is 49.3 Å². The number of ether oxygens (including phenoxy) is 2. The Balaban J connectivity index is 1.72. The molecule has 1 heterocycles. The number of fused-ring (bicyclic) bond motifs is 1. The van der Waals surface area contributed by atoms with E-state index in [1.54, 1.807) is 20.3 Å². The van der Waals surface area contributed by atoms with E-state index >= 15 is 0 Å². The van der Waals surface area contributed by atoms with Crippen LogP contribution in [0, 0.1) is 5.92 Å². The minimum Gasteiger partial charge on any atom is -0.497 e. The molecule has 1 saturated heterocycles. The monoisotopic (exact) mass is 421 g/mol. The van der Waals surface area contributed by atoms with E-state index in [4.69, 9.17) is 9.47 Å². The van der Waals surface area contributed by atoms with E-state index in [2.05, 4.69) is 0 Å². The maximum absolute atomic E-state index is 13.3. The Labute approximate surface area is 184 Å². The van der Waals surface area contributed by atoms with Gasteiger partial charge in [-0.05, 0) is 43.0 Å².